The lowest BCUT2D eigenvalue weighted by atomic mass is 10.2. The van der Waals surface area contributed by atoms with Gasteiger partial charge in [0.2, 0.25) is 0 Å². The van der Waals surface area contributed by atoms with Gasteiger partial charge in [-0.15, -0.1) is 0 Å². The normalized spacial score (nSPS) is 11.8. The van der Waals surface area contributed by atoms with E-state index in [0.29, 0.717) is 12.2 Å². The molecule has 102 valence electrons. The SMILES string of the molecule is CCNCc1cccc(-n2ccc(C(F)(F)F)n2)c1. The van der Waals surface area contributed by atoms with Crippen LogP contribution in [0.15, 0.2) is 36.5 Å². The second kappa shape index (κ2) is 5.44. The van der Waals surface area contributed by atoms with Crippen LogP contribution in [-0.4, -0.2) is 16.3 Å². The lowest BCUT2D eigenvalue weighted by Crippen LogP contribution is -2.12. The zero-order chi connectivity index (χ0) is 13.9. The summed E-state index contributed by atoms with van der Waals surface area (Å²) in [6.45, 7) is 3.51. The number of benzene rings is 1. The van der Waals surface area contributed by atoms with Crippen LogP contribution < -0.4 is 5.32 Å². The van der Waals surface area contributed by atoms with E-state index in [1.807, 2.05) is 19.1 Å². The number of nitrogens with one attached hydrogen (secondary N) is 1. The lowest BCUT2D eigenvalue weighted by molar-refractivity contribution is -0.141. The maximum Gasteiger partial charge on any atom is 0.435 e. The molecule has 0 aliphatic carbocycles. The summed E-state index contributed by atoms with van der Waals surface area (Å²) >= 11 is 0. The average molecular weight is 269 g/mol. The Morgan fingerprint density at radius 1 is 1.26 bits per heavy atom. The Labute approximate surface area is 109 Å². The summed E-state index contributed by atoms with van der Waals surface area (Å²) in [6.07, 6.45) is -3.10. The highest BCUT2D eigenvalue weighted by Gasteiger charge is 2.33. The van der Waals surface area contributed by atoms with Crippen molar-refractivity contribution in [1.29, 1.82) is 0 Å². The van der Waals surface area contributed by atoms with Crippen LogP contribution in [-0.2, 0) is 12.7 Å². The first-order valence-electron chi connectivity index (χ1n) is 5.93. The molecule has 0 saturated carbocycles. The van der Waals surface area contributed by atoms with Gasteiger partial charge in [-0.1, -0.05) is 19.1 Å². The summed E-state index contributed by atoms with van der Waals surface area (Å²) in [4.78, 5) is 0. The number of halogens is 3. The summed E-state index contributed by atoms with van der Waals surface area (Å²) in [5, 5.41) is 6.71. The topological polar surface area (TPSA) is 29.9 Å². The second-order valence-corrected chi connectivity index (χ2v) is 4.09. The minimum absolute atomic E-state index is 0.617. The molecule has 0 atom stereocenters. The molecule has 1 N–H and O–H groups in total. The summed E-state index contributed by atoms with van der Waals surface area (Å²) in [7, 11) is 0. The van der Waals surface area contributed by atoms with E-state index in [-0.39, 0.29) is 0 Å². The van der Waals surface area contributed by atoms with Crippen LogP contribution in [0.3, 0.4) is 0 Å². The molecule has 0 amide bonds. The van der Waals surface area contributed by atoms with Crippen molar-refractivity contribution < 1.29 is 13.2 Å². The van der Waals surface area contributed by atoms with Crippen molar-refractivity contribution in [3.63, 3.8) is 0 Å². The fourth-order valence-corrected chi connectivity index (χ4v) is 1.70. The first-order valence-corrected chi connectivity index (χ1v) is 5.93. The van der Waals surface area contributed by atoms with Crippen LogP contribution in [0.25, 0.3) is 5.69 Å². The molecule has 2 rings (SSSR count). The number of nitrogens with zero attached hydrogens (tertiary/aromatic N) is 2. The Bertz CT molecular complexity index is 546. The predicted octanol–water partition coefficient (Wildman–Crippen LogP) is 3.00. The van der Waals surface area contributed by atoms with Gasteiger partial charge in [-0.3, -0.25) is 0 Å². The summed E-state index contributed by atoms with van der Waals surface area (Å²) in [5.74, 6) is 0. The molecule has 1 aromatic carbocycles. The van der Waals surface area contributed by atoms with Gasteiger partial charge in [0.15, 0.2) is 5.69 Å². The molecule has 1 heterocycles. The third-order valence-corrected chi connectivity index (χ3v) is 2.63. The van der Waals surface area contributed by atoms with Gasteiger partial charge in [0.25, 0.3) is 0 Å². The molecular formula is C13H14F3N3. The monoisotopic (exact) mass is 269 g/mol. The number of hydrogen-bond acceptors (Lipinski definition) is 2. The van der Waals surface area contributed by atoms with Gasteiger partial charge in [-0.05, 0) is 30.3 Å². The van der Waals surface area contributed by atoms with Crippen molar-refractivity contribution in [2.45, 2.75) is 19.6 Å². The predicted molar refractivity (Wildman–Crippen MR) is 65.9 cm³/mol. The highest BCUT2D eigenvalue weighted by molar-refractivity contribution is 5.35. The van der Waals surface area contributed by atoms with E-state index in [4.69, 9.17) is 0 Å². The van der Waals surface area contributed by atoms with Gasteiger partial charge < -0.3 is 5.32 Å². The molecule has 2 aromatic rings. The second-order valence-electron chi connectivity index (χ2n) is 4.09. The average Bonchev–Trinajstić information content (AvgIpc) is 2.86. The fraction of sp³-hybridized carbons (Fsp3) is 0.308. The summed E-state index contributed by atoms with van der Waals surface area (Å²) < 4.78 is 38.7. The van der Waals surface area contributed by atoms with Crippen molar-refractivity contribution in [1.82, 2.24) is 15.1 Å². The van der Waals surface area contributed by atoms with Crippen LogP contribution in [0.1, 0.15) is 18.2 Å². The number of rotatable bonds is 4. The van der Waals surface area contributed by atoms with Crippen LogP contribution in [0.2, 0.25) is 0 Å². The maximum atomic E-state index is 12.5. The van der Waals surface area contributed by atoms with Crippen molar-refractivity contribution in [2.75, 3.05) is 6.54 Å². The number of aromatic nitrogens is 2. The Kier molecular flexibility index (Phi) is 3.90. The molecule has 0 radical (unpaired) electrons. The molecule has 0 aliphatic heterocycles. The fourth-order valence-electron chi connectivity index (χ4n) is 1.70. The molecule has 0 bridgehead atoms. The molecule has 3 nitrogen and oxygen atoms in total. The van der Waals surface area contributed by atoms with E-state index in [9.17, 15) is 13.2 Å². The smallest absolute Gasteiger partial charge is 0.313 e. The highest BCUT2D eigenvalue weighted by atomic mass is 19.4. The third-order valence-electron chi connectivity index (χ3n) is 2.63. The Balaban J connectivity index is 2.24. The van der Waals surface area contributed by atoms with Crippen LogP contribution in [0.5, 0.6) is 0 Å². The molecule has 0 aliphatic rings. The highest BCUT2D eigenvalue weighted by Crippen LogP contribution is 2.27. The molecule has 0 fully saturated rings. The van der Waals surface area contributed by atoms with E-state index >= 15 is 0 Å². The van der Waals surface area contributed by atoms with Gasteiger partial charge in [0, 0.05) is 12.7 Å². The van der Waals surface area contributed by atoms with Gasteiger partial charge in [0.05, 0.1) is 5.69 Å². The lowest BCUT2D eigenvalue weighted by Gasteiger charge is -2.06. The standard InChI is InChI=1S/C13H14F3N3/c1-2-17-9-10-4-3-5-11(8-10)19-7-6-12(18-19)13(14,15)16/h3-8,17H,2,9H2,1H3. The van der Waals surface area contributed by atoms with E-state index in [0.717, 1.165) is 18.2 Å². The minimum Gasteiger partial charge on any atom is -0.313 e. The molecule has 19 heavy (non-hydrogen) atoms. The first-order chi connectivity index (χ1) is 9.00. The molecule has 1 aromatic heterocycles. The van der Waals surface area contributed by atoms with Crippen LogP contribution >= 0.6 is 0 Å². The molecule has 0 spiro atoms. The number of hydrogen-bond donors (Lipinski definition) is 1. The number of alkyl halides is 3. The van der Waals surface area contributed by atoms with Crippen molar-refractivity contribution in [3.8, 4) is 5.69 Å². The first kappa shape index (κ1) is 13.6. The van der Waals surface area contributed by atoms with E-state index in [2.05, 4.69) is 10.4 Å². The molecule has 0 unspecified atom stereocenters. The van der Waals surface area contributed by atoms with E-state index < -0.39 is 11.9 Å². The van der Waals surface area contributed by atoms with Crippen LogP contribution in [0.4, 0.5) is 13.2 Å². The third kappa shape index (κ3) is 3.35. The van der Waals surface area contributed by atoms with Gasteiger partial charge in [0.1, 0.15) is 0 Å². The van der Waals surface area contributed by atoms with Gasteiger partial charge in [-0.2, -0.15) is 18.3 Å². The quantitative estimate of drug-likeness (QED) is 0.924. The zero-order valence-corrected chi connectivity index (χ0v) is 10.4. The van der Waals surface area contributed by atoms with Crippen LogP contribution in [0, 0.1) is 0 Å². The maximum absolute atomic E-state index is 12.5. The Morgan fingerprint density at radius 3 is 2.68 bits per heavy atom. The largest absolute Gasteiger partial charge is 0.435 e. The van der Waals surface area contributed by atoms with Crippen molar-refractivity contribution in [2.24, 2.45) is 0 Å². The molecule has 0 saturated heterocycles. The van der Waals surface area contributed by atoms with Crippen molar-refractivity contribution >= 4 is 0 Å². The van der Waals surface area contributed by atoms with Gasteiger partial charge >= 0.3 is 6.18 Å². The summed E-state index contributed by atoms with van der Waals surface area (Å²) in [6, 6.07) is 8.23. The van der Waals surface area contributed by atoms with Gasteiger partial charge in [-0.25, -0.2) is 4.68 Å². The Hall–Kier alpha value is -1.82. The molecular weight excluding hydrogens is 255 g/mol. The Morgan fingerprint density at radius 2 is 2.05 bits per heavy atom. The van der Waals surface area contributed by atoms with E-state index in [1.54, 1.807) is 12.1 Å². The zero-order valence-electron chi connectivity index (χ0n) is 10.4. The molecule has 6 heteroatoms. The summed E-state index contributed by atoms with van der Waals surface area (Å²) in [5.41, 5.74) is 0.735. The van der Waals surface area contributed by atoms with Crippen molar-refractivity contribution in [3.05, 3.63) is 47.8 Å². The minimum atomic E-state index is -4.41. The van der Waals surface area contributed by atoms with E-state index in [1.165, 1.54) is 10.9 Å².